The first-order valence-electron chi connectivity index (χ1n) is 10.2. The van der Waals surface area contributed by atoms with E-state index in [4.69, 9.17) is 11.6 Å². The number of H-pyrrole nitrogens is 1. The van der Waals surface area contributed by atoms with Gasteiger partial charge in [0.25, 0.3) is 11.8 Å². The average Bonchev–Trinajstić information content (AvgIpc) is 3.43. The van der Waals surface area contributed by atoms with Gasteiger partial charge in [0, 0.05) is 46.0 Å². The molecule has 4 N–H and O–H groups in total. The highest BCUT2D eigenvalue weighted by atomic mass is 35.5. The Morgan fingerprint density at radius 2 is 1.81 bits per heavy atom. The molecule has 10 heteroatoms. The van der Waals surface area contributed by atoms with Gasteiger partial charge in [-0.3, -0.25) is 9.59 Å². The van der Waals surface area contributed by atoms with Crippen LogP contribution in [0.4, 0.5) is 0 Å². The third kappa shape index (κ3) is 4.57. The number of rotatable bonds is 4. The summed E-state index contributed by atoms with van der Waals surface area (Å²) in [6, 6.07) is 7.06. The van der Waals surface area contributed by atoms with Gasteiger partial charge in [0.2, 0.25) is 0 Å². The van der Waals surface area contributed by atoms with E-state index in [2.05, 4.69) is 25.9 Å². The van der Waals surface area contributed by atoms with Crippen LogP contribution in [0, 0.1) is 0 Å². The first kappa shape index (κ1) is 22.1. The van der Waals surface area contributed by atoms with Gasteiger partial charge < -0.3 is 20.9 Å². The molecule has 2 atom stereocenters. The summed E-state index contributed by atoms with van der Waals surface area (Å²) in [5, 5.41) is 11.5. The third-order valence-electron chi connectivity index (χ3n) is 5.78. The Kier molecular flexibility index (Phi) is 6.52. The van der Waals surface area contributed by atoms with E-state index in [-0.39, 0.29) is 36.3 Å². The van der Waals surface area contributed by atoms with Crippen molar-refractivity contribution in [3.63, 3.8) is 0 Å². The van der Waals surface area contributed by atoms with Crippen LogP contribution < -0.4 is 16.0 Å². The number of halogens is 2. The summed E-state index contributed by atoms with van der Waals surface area (Å²) >= 11 is 7.49. The van der Waals surface area contributed by atoms with Crippen molar-refractivity contribution in [2.45, 2.75) is 50.9 Å². The predicted molar refractivity (Wildman–Crippen MR) is 124 cm³/mol. The molecule has 2 amide bonds. The van der Waals surface area contributed by atoms with E-state index < -0.39 is 0 Å². The Morgan fingerprint density at radius 1 is 1.06 bits per heavy atom. The van der Waals surface area contributed by atoms with Crippen molar-refractivity contribution in [2.75, 3.05) is 0 Å². The maximum absolute atomic E-state index is 12.9. The Labute approximate surface area is 194 Å². The van der Waals surface area contributed by atoms with Crippen LogP contribution in [-0.4, -0.2) is 33.9 Å². The van der Waals surface area contributed by atoms with Gasteiger partial charge in [0.15, 0.2) is 5.01 Å². The molecule has 3 aromatic rings. The molecule has 7 nitrogen and oxygen atoms in total. The number of nitrogens with one attached hydrogen (secondary N) is 4. The van der Waals surface area contributed by atoms with Crippen molar-refractivity contribution in [2.24, 2.45) is 0 Å². The summed E-state index contributed by atoms with van der Waals surface area (Å²) in [7, 11) is 0. The van der Waals surface area contributed by atoms with Crippen LogP contribution in [-0.2, 0) is 13.1 Å². The molecular weight excluding hydrogens is 457 g/mol. The number of thiazole rings is 1. The van der Waals surface area contributed by atoms with Crippen molar-refractivity contribution < 1.29 is 9.59 Å². The monoisotopic (exact) mass is 479 g/mol. The highest BCUT2D eigenvalue weighted by molar-refractivity contribution is 7.13. The average molecular weight is 480 g/mol. The maximum atomic E-state index is 12.9. The normalized spacial score (nSPS) is 20.2. The van der Waals surface area contributed by atoms with E-state index in [0.29, 0.717) is 15.7 Å². The maximum Gasteiger partial charge on any atom is 0.280 e. The number of fused-ring (bicyclic) bond motifs is 2. The van der Waals surface area contributed by atoms with Crippen LogP contribution >= 0.6 is 35.3 Å². The summed E-state index contributed by atoms with van der Waals surface area (Å²) in [4.78, 5) is 34.3. The number of nitrogens with zero attached hydrogens (tertiary/aromatic N) is 1. The summed E-state index contributed by atoms with van der Waals surface area (Å²) < 4.78 is 0. The minimum atomic E-state index is -0.173. The molecule has 1 aliphatic heterocycles. The summed E-state index contributed by atoms with van der Waals surface area (Å²) in [5.41, 5.74) is 2.33. The lowest BCUT2D eigenvalue weighted by Gasteiger charge is -2.32. The van der Waals surface area contributed by atoms with E-state index in [9.17, 15) is 9.59 Å². The molecule has 0 saturated heterocycles. The van der Waals surface area contributed by atoms with Crippen LogP contribution in [0.3, 0.4) is 0 Å². The zero-order valence-corrected chi connectivity index (χ0v) is 19.1. The fourth-order valence-electron chi connectivity index (χ4n) is 4.23. The lowest BCUT2D eigenvalue weighted by Crippen LogP contribution is -2.53. The van der Waals surface area contributed by atoms with E-state index in [1.54, 1.807) is 12.1 Å². The second-order valence-corrected chi connectivity index (χ2v) is 9.37. The van der Waals surface area contributed by atoms with Crippen molar-refractivity contribution in [3.8, 4) is 0 Å². The van der Waals surface area contributed by atoms with Crippen molar-refractivity contribution in [3.05, 3.63) is 50.6 Å². The van der Waals surface area contributed by atoms with Gasteiger partial charge in [-0.1, -0.05) is 24.4 Å². The van der Waals surface area contributed by atoms with Crippen LogP contribution in [0.15, 0.2) is 24.3 Å². The molecule has 1 fully saturated rings. The van der Waals surface area contributed by atoms with E-state index in [0.717, 1.165) is 60.2 Å². The molecule has 1 aromatic carbocycles. The molecule has 31 heavy (non-hydrogen) atoms. The number of hydrogen-bond acceptors (Lipinski definition) is 5. The fourth-order valence-corrected chi connectivity index (χ4v) is 5.36. The van der Waals surface area contributed by atoms with Gasteiger partial charge in [-0.05, 0) is 37.1 Å². The van der Waals surface area contributed by atoms with Crippen LogP contribution in [0.1, 0.15) is 56.5 Å². The first-order valence-corrected chi connectivity index (χ1v) is 11.4. The fraction of sp³-hybridized carbons (Fsp3) is 0.381. The zero-order chi connectivity index (χ0) is 20.7. The SMILES string of the molecule is Cl.O=C(N[C@@H]1CCCC[C@@H]1NC(=O)c1nc2c(s1)CNC2)c1cc2cc(Cl)ccc2[nH]1. The topological polar surface area (TPSA) is 98.9 Å². The molecule has 3 heterocycles. The minimum Gasteiger partial charge on any atom is -0.351 e. The minimum absolute atomic E-state index is 0. The van der Waals surface area contributed by atoms with Gasteiger partial charge in [-0.2, -0.15) is 0 Å². The second kappa shape index (κ2) is 9.16. The van der Waals surface area contributed by atoms with Crippen molar-refractivity contribution in [1.29, 1.82) is 0 Å². The molecule has 0 radical (unpaired) electrons. The van der Waals surface area contributed by atoms with E-state index >= 15 is 0 Å². The van der Waals surface area contributed by atoms with Gasteiger partial charge >= 0.3 is 0 Å². The number of hydrogen-bond donors (Lipinski definition) is 4. The Bertz CT molecular complexity index is 1110. The quantitative estimate of drug-likeness (QED) is 0.457. The van der Waals surface area contributed by atoms with Crippen LogP contribution in [0.5, 0.6) is 0 Å². The molecule has 0 unspecified atom stereocenters. The standard InChI is InChI=1S/C21H22ClN5O2S.ClH/c22-12-5-6-13-11(7-12)8-16(24-13)19(28)25-14-3-1-2-4-15(14)26-20(29)21-27-17-9-23-10-18(17)30-21;/h5-8,14-15,23-24H,1-4,9-10H2,(H,25,28)(H,26,29);1H/t14-,15+;/m1./s1. The van der Waals surface area contributed by atoms with Gasteiger partial charge in [-0.15, -0.1) is 23.7 Å². The molecule has 5 rings (SSSR count). The number of carbonyl (C=O) groups is 2. The molecule has 164 valence electrons. The highest BCUT2D eigenvalue weighted by Crippen LogP contribution is 2.25. The van der Waals surface area contributed by atoms with Crippen molar-refractivity contribution in [1.82, 2.24) is 25.9 Å². The zero-order valence-electron chi connectivity index (χ0n) is 16.7. The number of aromatic amines is 1. The van der Waals surface area contributed by atoms with Crippen LogP contribution in [0.25, 0.3) is 10.9 Å². The summed E-state index contributed by atoms with van der Waals surface area (Å²) in [5.74, 6) is -0.325. The summed E-state index contributed by atoms with van der Waals surface area (Å²) in [6.45, 7) is 1.50. The number of carbonyl (C=O) groups excluding carboxylic acids is 2. The Hall–Kier alpha value is -2.13. The first-order chi connectivity index (χ1) is 14.6. The molecule has 0 spiro atoms. The second-order valence-electron chi connectivity index (χ2n) is 7.85. The number of amides is 2. The smallest absolute Gasteiger partial charge is 0.280 e. The third-order valence-corrected chi connectivity index (χ3v) is 7.11. The molecule has 1 saturated carbocycles. The highest BCUT2D eigenvalue weighted by Gasteiger charge is 2.30. The number of benzene rings is 1. The Morgan fingerprint density at radius 3 is 2.55 bits per heavy atom. The molecule has 1 aliphatic carbocycles. The van der Waals surface area contributed by atoms with Gasteiger partial charge in [-0.25, -0.2) is 4.98 Å². The lowest BCUT2D eigenvalue weighted by atomic mass is 9.90. The predicted octanol–water partition coefficient (Wildman–Crippen LogP) is 3.77. The molecule has 0 bridgehead atoms. The van der Waals surface area contributed by atoms with Crippen LogP contribution in [0.2, 0.25) is 5.02 Å². The lowest BCUT2D eigenvalue weighted by molar-refractivity contribution is 0.0860. The van der Waals surface area contributed by atoms with Gasteiger partial charge in [0.1, 0.15) is 5.69 Å². The Balaban J connectivity index is 0.00000231. The van der Waals surface area contributed by atoms with Crippen molar-refractivity contribution >= 4 is 58.1 Å². The van der Waals surface area contributed by atoms with Gasteiger partial charge in [0.05, 0.1) is 5.69 Å². The summed E-state index contributed by atoms with van der Waals surface area (Å²) in [6.07, 6.45) is 3.73. The molecule has 2 aliphatic rings. The molecule has 2 aromatic heterocycles. The van der Waals surface area contributed by atoms with E-state index in [1.165, 1.54) is 11.3 Å². The number of aromatic nitrogens is 2. The molecular formula is C21H23Cl2N5O2S. The largest absolute Gasteiger partial charge is 0.351 e. The van der Waals surface area contributed by atoms with E-state index in [1.807, 2.05) is 12.1 Å².